The first kappa shape index (κ1) is 30.8. The summed E-state index contributed by atoms with van der Waals surface area (Å²) in [5, 5.41) is 15.3. The van der Waals surface area contributed by atoms with Gasteiger partial charge in [0.25, 0.3) is 0 Å². The van der Waals surface area contributed by atoms with Crippen molar-refractivity contribution in [3.05, 3.63) is 96.3 Å². The number of nitrogens with one attached hydrogen (secondary N) is 3. The zero-order chi connectivity index (χ0) is 32.3. The molecule has 1 fully saturated rings. The predicted octanol–water partition coefficient (Wildman–Crippen LogP) is 7.83. The van der Waals surface area contributed by atoms with Gasteiger partial charge >= 0.3 is 6.03 Å². The van der Waals surface area contributed by atoms with Crippen molar-refractivity contribution in [3.8, 4) is 17.2 Å². The molecular weight excluding hydrogens is 580 g/mol. The molecule has 46 heavy (non-hydrogen) atoms. The number of hydrogen-bond donors (Lipinski definition) is 3. The minimum Gasteiger partial charge on any atom is -0.457 e. The smallest absolute Gasteiger partial charge is 0.324 e. The summed E-state index contributed by atoms with van der Waals surface area (Å²) in [5.41, 5.74) is 3.27. The molecule has 1 saturated heterocycles. The number of aryl methyl sites for hydroxylation is 1. The lowest BCUT2D eigenvalue weighted by Crippen LogP contribution is -2.28. The molecule has 0 unspecified atom stereocenters. The van der Waals surface area contributed by atoms with E-state index in [4.69, 9.17) is 14.6 Å². The standard InChI is InChI=1S/C36H38N6O4/c1-23-9-11-25(12-10-23)42-33(22-31(41-42)36(2,3)4)40-35(44)38-29-13-14-30(28-8-6-5-7-27(28)29)46-26-15-18-37-32(21-26)39-34(43)24-16-19-45-20-17-24/h5-15,18,21-22,24H,16-17,19-20H2,1-4H3,(H,37,39,43)(H2,38,40,44). The Kier molecular flexibility index (Phi) is 8.72. The van der Waals surface area contributed by atoms with E-state index in [-0.39, 0.29) is 17.2 Å². The Morgan fingerprint density at radius 1 is 0.891 bits per heavy atom. The first-order chi connectivity index (χ1) is 22.1. The van der Waals surface area contributed by atoms with Crippen LogP contribution in [0.2, 0.25) is 0 Å². The fourth-order valence-corrected chi connectivity index (χ4v) is 5.32. The number of aromatic nitrogens is 3. The molecule has 236 valence electrons. The van der Waals surface area contributed by atoms with E-state index in [1.54, 1.807) is 23.0 Å². The molecule has 10 nitrogen and oxygen atoms in total. The van der Waals surface area contributed by atoms with E-state index in [1.165, 1.54) is 0 Å². The van der Waals surface area contributed by atoms with Gasteiger partial charge in [-0.1, -0.05) is 62.7 Å². The number of hydrogen-bond acceptors (Lipinski definition) is 6. The van der Waals surface area contributed by atoms with Gasteiger partial charge < -0.3 is 20.1 Å². The lowest BCUT2D eigenvalue weighted by Gasteiger charge is -2.21. The summed E-state index contributed by atoms with van der Waals surface area (Å²) in [5.74, 6) is 1.95. The van der Waals surface area contributed by atoms with E-state index in [0.29, 0.717) is 54.9 Å². The summed E-state index contributed by atoms with van der Waals surface area (Å²) in [7, 11) is 0. The van der Waals surface area contributed by atoms with Crippen LogP contribution in [0.1, 0.15) is 44.9 Å². The normalized spacial score (nSPS) is 13.7. The molecule has 0 spiro atoms. The molecule has 1 aliphatic heterocycles. The third-order valence-corrected chi connectivity index (χ3v) is 7.93. The van der Waals surface area contributed by atoms with Gasteiger partial charge in [-0.25, -0.2) is 14.5 Å². The van der Waals surface area contributed by atoms with Crippen LogP contribution in [0.4, 0.5) is 22.1 Å². The Morgan fingerprint density at radius 2 is 1.63 bits per heavy atom. The largest absolute Gasteiger partial charge is 0.457 e. The van der Waals surface area contributed by atoms with Gasteiger partial charge in [0, 0.05) is 53.6 Å². The molecule has 1 aliphatic rings. The molecule has 6 rings (SSSR count). The SMILES string of the molecule is Cc1ccc(-n2nc(C(C)(C)C)cc2NC(=O)Nc2ccc(Oc3ccnc(NC(=O)C4CCOCC4)c3)c3ccccc23)cc1. The lowest BCUT2D eigenvalue weighted by molar-refractivity contribution is -0.122. The number of rotatable bonds is 7. The average molecular weight is 619 g/mol. The third kappa shape index (κ3) is 7.02. The number of benzene rings is 3. The molecule has 0 saturated carbocycles. The monoisotopic (exact) mass is 618 g/mol. The van der Waals surface area contributed by atoms with Crippen LogP contribution in [-0.4, -0.2) is 39.9 Å². The zero-order valence-electron chi connectivity index (χ0n) is 26.5. The van der Waals surface area contributed by atoms with Crippen molar-refractivity contribution in [2.24, 2.45) is 5.92 Å². The fraction of sp³-hybridized carbons (Fsp3) is 0.278. The summed E-state index contributed by atoms with van der Waals surface area (Å²) in [6.07, 6.45) is 2.99. The molecule has 0 atom stereocenters. The Hall–Kier alpha value is -5.22. The van der Waals surface area contributed by atoms with E-state index in [2.05, 4.69) is 41.7 Å². The van der Waals surface area contributed by atoms with Crippen molar-refractivity contribution in [3.63, 3.8) is 0 Å². The van der Waals surface area contributed by atoms with E-state index in [0.717, 1.165) is 27.7 Å². The van der Waals surface area contributed by atoms with Crippen molar-refractivity contribution < 1.29 is 19.1 Å². The number of carbonyl (C=O) groups is 2. The molecule has 3 amide bonds. The van der Waals surface area contributed by atoms with Gasteiger partial charge in [0.2, 0.25) is 5.91 Å². The number of urea groups is 1. The van der Waals surface area contributed by atoms with Crippen molar-refractivity contribution in [2.75, 3.05) is 29.2 Å². The first-order valence-corrected chi connectivity index (χ1v) is 15.4. The summed E-state index contributed by atoms with van der Waals surface area (Å²) < 4.78 is 13.4. The highest BCUT2D eigenvalue weighted by atomic mass is 16.5. The Labute approximate surface area is 268 Å². The van der Waals surface area contributed by atoms with Crippen LogP contribution < -0.4 is 20.7 Å². The van der Waals surface area contributed by atoms with Gasteiger partial charge in [0.15, 0.2) is 0 Å². The second-order valence-corrected chi connectivity index (χ2v) is 12.5. The number of anilines is 3. The van der Waals surface area contributed by atoms with E-state index in [9.17, 15) is 9.59 Å². The highest BCUT2D eigenvalue weighted by Crippen LogP contribution is 2.35. The number of ether oxygens (including phenoxy) is 2. The third-order valence-electron chi connectivity index (χ3n) is 7.93. The van der Waals surface area contributed by atoms with Crippen LogP contribution in [0, 0.1) is 12.8 Å². The van der Waals surface area contributed by atoms with E-state index in [1.807, 2.05) is 73.7 Å². The van der Waals surface area contributed by atoms with Gasteiger partial charge in [-0.3, -0.25) is 10.1 Å². The number of nitrogens with zero attached hydrogens (tertiary/aromatic N) is 3. The van der Waals surface area contributed by atoms with Gasteiger partial charge in [-0.2, -0.15) is 5.10 Å². The van der Waals surface area contributed by atoms with Crippen molar-refractivity contribution in [2.45, 2.75) is 46.0 Å². The van der Waals surface area contributed by atoms with Crippen LogP contribution in [0.5, 0.6) is 11.5 Å². The highest BCUT2D eigenvalue weighted by molar-refractivity contribution is 6.07. The summed E-state index contributed by atoms with van der Waals surface area (Å²) in [4.78, 5) is 30.4. The maximum atomic E-state index is 13.4. The molecule has 3 aromatic carbocycles. The molecule has 0 radical (unpaired) electrons. The topological polar surface area (TPSA) is 119 Å². The van der Waals surface area contributed by atoms with Crippen LogP contribution >= 0.6 is 0 Å². The van der Waals surface area contributed by atoms with Crippen LogP contribution in [-0.2, 0) is 14.9 Å². The molecule has 3 heterocycles. The quantitative estimate of drug-likeness (QED) is 0.171. The number of pyridine rings is 1. The second kappa shape index (κ2) is 13.0. The Bertz CT molecular complexity index is 1870. The molecule has 0 bridgehead atoms. The Balaban J connectivity index is 1.20. The van der Waals surface area contributed by atoms with Gasteiger partial charge in [0.05, 0.1) is 17.1 Å². The summed E-state index contributed by atoms with van der Waals surface area (Å²) >= 11 is 0. The maximum absolute atomic E-state index is 13.4. The van der Waals surface area contributed by atoms with Crippen molar-refractivity contribution >= 4 is 40.0 Å². The van der Waals surface area contributed by atoms with E-state index >= 15 is 0 Å². The van der Waals surface area contributed by atoms with Gasteiger partial charge in [-0.15, -0.1) is 0 Å². The van der Waals surface area contributed by atoms with E-state index < -0.39 is 6.03 Å². The number of carbonyl (C=O) groups excluding carboxylic acids is 2. The fourth-order valence-electron chi connectivity index (χ4n) is 5.32. The first-order valence-electron chi connectivity index (χ1n) is 15.4. The van der Waals surface area contributed by atoms with Crippen molar-refractivity contribution in [1.82, 2.24) is 14.8 Å². The number of amides is 3. The second-order valence-electron chi connectivity index (χ2n) is 12.5. The maximum Gasteiger partial charge on any atom is 0.324 e. The zero-order valence-corrected chi connectivity index (χ0v) is 26.5. The predicted molar refractivity (Wildman–Crippen MR) is 180 cm³/mol. The molecule has 2 aromatic heterocycles. The van der Waals surface area contributed by atoms with Gasteiger partial charge in [-0.05, 0) is 50.1 Å². The van der Waals surface area contributed by atoms with Crippen LogP contribution in [0.3, 0.4) is 0 Å². The van der Waals surface area contributed by atoms with Gasteiger partial charge in [0.1, 0.15) is 23.1 Å². The minimum absolute atomic E-state index is 0.0661. The molecule has 10 heteroatoms. The molecule has 0 aliphatic carbocycles. The number of fused-ring (bicyclic) bond motifs is 1. The average Bonchev–Trinajstić information content (AvgIpc) is 3.47. The Morgan fingerprint density at radius 3 is 2.37 bits per heavy atom. The van der Waals surface area contributed by atoms with Crippen LogP contribution in [0.25, 0.3) is 16.5 Å². The molecule has 5 aromatic rings. The molecular formula is C36H38N6O4. The lowest BCUT2D eigenvalue weighted by atomic mass is 9.92. The summed E-state index contributed by atoms with van der Waals surface area (Å²) in [6, 6.07) is 24.3. The van der Waals surface area contributed by atoms with Crippen molar-refractivity contribution in [1.29, 1.82) is 0 Å². The van der Waals surface area contributed by atoms with Crippen LogP contribution in [0.15, 0.2) is 85.1 Å². The highest BCUT2D eigenvalue weighted by Gasteiger charge is 2.23. The molecule has 3 N–H and O–H groups in total. The summed E-state index contributed by atoms with van der Waals surface area (Å²) in [6.45, 7) is 9.47. The minimum atomic E-state index is -0.397.